The third-order valence-electron chi connectivity index (χ3n) is 4.47. The van der Waals surface area contributed by atoms with Gasteiger partial charge in [-0.2, -0.15) is 5.10 Å². The molecule has 1 amide bonds. The summed E-state index contributed by atoms with van der Waals surface area (Å²) in [7, 11) is 0. The molecule has 0 saturated heterocycles. The highest BCUT2D eigenvalue weighted by atomic mass is 32.1. The molecule has 0 aliphatic carbocycles. The average molecular weight is 384 g/mol. The maximum Gasteiger partial charge on any atom is 0.261 e. The second kappa shape index (κ2) is 8.90. The molecule has 0 aliphatic rings. The molecular weight excluding hydrogens is 358 g/mol. The van der Waals surface area contributed by atoms with Gasteiger partial charge >= 0.3 is 0 Å². The number of carbonyl (C=O) groups excluding carboxylic acids is 1. The zero-order chi connectivity index (χ0) is 19.2. The quantitative estimate of drug-likeness (QED) is 0.586. The molecule has 0 aliphatic heterocycles. The highest BCUT2D eigenvalue weighted by Crippen LogP contribution is 2.21. The van der Waals surface area contributed by atoms with Crippen LogP contribution in [-0.2, 0) is 13.0 Å². The van der Waals surface area contributed by atoms with Gasteiger partial charge in [0.05, 0.1) is 17.8 Å². The molecule has 2 aromatic heterocycles. The van der Waals surface area contributed by atoms with Crippen LogP contribution in [0.5, 0.6) is 0 Å². The van der Waals surface area contributed by atoms with E-state index in [1.165, 1.54) is 24.2 Å². The largest absolute Gasteiger partial charge is 0.296 e. The van der Waals surface area contributed by atoms with Crippen LogP contribution in [0.25, 0.3) is 0 Å². The lowest BCUT2D eigenvalue weighted by atomic mass is 10.2. The number of hydrogen-bond acceptors (Lipinski definition) is 5. The van der Waals surface area contributed by atoms with Gasteiger partial charge in [0.25, 0.3) is 5.91 Å². The Kier molecular flexibility index (Phi) is 6.34. The molecular formula is C20H25N5OS. The van der Waals surface area contributed by atoms with Gasteiger partial charge in [0.15, 0.2) is 0 Å². The SMILES string of the molecule is CCCCCc1nnc(NC(=O)c2c(C)nn(Cc3ccccc3)c2C)s1. The van der Waals surface area contributed by atoms with Gasteiger partial charge in [-0.3, -0.25) is 14.8 Å². The van der Waals surface area contributed by atoms with Crippen LogP contribution in [0, 0.1) is 13.8 Å². The van der Waals surface area contributed by atoms with Gasteiger partial charge in [0.2, 0.25) is 5.13 Å². The Hall–Kier alpha value is -2.54. The van der Waals surface area contributed by atoms with Crippen LogP contribution in [0.4, 0.5) is 5.13 Å². The van der Waals surface area contributed by atoms with Crippen molar-refractivity contribution in [1.82, 2.24) is 20.0 Å². The summed E-state index contributed by atoms with van der Waals surface area (Å²) in [5, 5.41) is 17.2. The normalized spacial score (nSPS) is 10.9. The number of unbranched alkanes of at least 4 members (excludes halogenated alkanes) is 2. The molecule has 0 spiro atoms. The molecule has 6 nitrogen and oxygen atoms in total. The van der Waals surface area contributed by atoms with Crippen LogP contribution < -0.4 is 5.32 Å². The predicted octanol–water partition coefficient (Wildman–Crippen LogP) is 4.38. The molecule has 0 fully saturated rings. The summed E-state index contributed by atoms with van der Waals surface area (Å²) in [5.74, 6) is -0.180. The second-order valence-electron chi connectivity index (χ2n) is 6.60. The minimum Gasteiger partial charge on any atom is -0.296 e. The Bertz CT molecular complexity index is 900. The van der Waals surface area contributed by atoms with Crippen LogP contribution in [0.1, 0.15) is 58.5 Å². The summed E-state index contributed by atoms with van der Waals surface area (Å²) >= 11 is 1.45. The lowest BCUT2D eigenvalue weighted by Crippen LogP contribution is -2.14. The summed E-state index contributed by atoms with van der Waals surface area (Å²) in [4.78, 5) is 12.8. The molecule has 0 bridgehead atoms. The molecule has 0 saturated carbocycles. The maximum atomic E-state index is 12.8. The molecule has 142 valence electrons. The molecule has 0 atom stereocenters. The predicted molar refractivity (Wildman–Crippen MR) is 108 cm³/mol. The zero-order valence-corrected chi connectivity index (χ0v) is 16.8. The fraction of sp³-hybridized carbons (Fsp3) is 0.400. The number of rotatable bonds is 8. The van der Waals surface area contributed by atoms with Gasteiger partial charge in [-0.15, -0.1) is 10.2 Å². The number of benzene rings is 1. The van der Waals surface area contributed by atoms with Gasteiger partial charge < -0.3 is 0 Å². The fourth-order valence-electron chi connectivity index (χ4n) is 3.03. The van der Waals surface area contributed by atoms with E-state index in [-0.39, 0.29) is 5.91 Å². The van der Waals surface area contributed by atoms with Crippen LogP contribution in [0.15, 0.2) is 30.3 Å². The smallest absolute Gasteiger partial charge is 0.261 e. The molecule has 3 aromatic rings. The first kappa shape index (κ1) is 19.2. The zero-order valence-electron chi connectivity index (χ0n) is 16.0. The number of anilines is 1. The number of carbonyl (C=O) groups is 1. The number of amides is 1. The summed E-state index contributed by atoms with van der Waals surface area (Å²) < 4.78 is 1.87. The average Bonchev–Trinajstić information content (AvgIpc) is 3.20. The van der Waals surface area contributed by atoms with Gasteiger partial charge in [-0.05, 0) is 25.8 Å². The summed E-state index contributed by atoms with van der Waals surface area (Å²) in [6, 6.07) is 10.1. The van der Waals surface area contributed by atoms with E-state index in [9.17, 15) is 4.79 Å². The summed E-state index contributed by atoms with van der Waals surface area (Å²) in [6.45, 7) is 6.60. The molecule has 0 unspecified atom stereocenters. The lowest BCUT2D eigenvalue weighted by molar-refractivity contribution is 0.102. The van der Waals surface area contributed by atoms with Gasteiger partial charge in [0.1, 0.15) is 5.01 Å². The third kappa shape index (κ3) is 4.80. The molecule has 7 heteroatoms. The highest BCUT2D eigenvalue weighted by Gasteiger charge is 2.20. The van der Waals surface area contributed by atoms with Gasteiger partial charge in [0, 0.05) is 12.1 Å². The van der Waals surface area contributed by atoms with Gasteiger partial charge in [-0.25, -0.2) is 0 Å². The molecule has 1 aromatic carbocycles. The first-order valence-electron chi connectivity index (χ1n) is 9.30. The maximum absolute atomic E-state index is 12.8. The van der Waals surface area contributed by atoms with Crippen LogP contribution in [0.2, 0.25) is 0 Å². The summed E-state index contributed by atoms with van der Waals surface area (Å²) in [5.41, 5.74) is 3.32. The van der Waals surface area contributed by atoms with Gasteiger partial charge in [-0.1, -0.05) is 61.4 Å². The van der Waals surface area contributed by atoms with Crippen molar-refractivity contribution in [3.05, 3.63) is 57.9 Å². The van der Waals surface area contributed by atoms with E-state index in [1.54, 1.807) is 0 Å². The van der Waals surface area contributed by atoms with E-state index in [1.807, 2.05) is 36.7 Å². The minimum atomic E-state index is -0.180. The first-order chi connectivity index (χ1) is 13.1. The molecule has 1 N–H and O–H groups in total. The number of aryl methyl sites for hydroxylation is 2. The number of nitrogens with zero attached hydrogens (tertiary/aromatic N) is 4. The minimum absolute atomic E-state index is 0.180. The van der Waals surface area contributed by atoms with Crippen LogP contribution in [-0.4, -0.2) is 25.9 Å². The Labute approximate surface area is 163 Å². The van der Waals surface area contributed by atoms with Crippen molar-refractivity contribution in [2.45, 2.75) is 53.0 Å². The van der Waals surface area contributed by atoms with Crippen LogP contribution in [0.3, 0.4) is 0 Å². The standard InChI is InChI=1S/C20H25N5OS/c1-4-5-7-12-17-22-23-20(27-17)21-19(26)18-14(2)24-25(15(18)3)13-16-10-8-6-9-11-16/h6,8-11H,4-5,7,12-13H2,1-3H3,(H,21,23,26). The number of hydrogen-bond donors (Lipinski definition) is 1. The van der Waals surface area contributed by atoms with E-state index in [4.69, 9.17) is 0 Å². The molecule has 3 rings (SSSR count). The van der Waals surface area contributed by atoms with Crippen molar-refractivity contribution in [3.63, 3.8) is 0 Å². The monoisotopic (exact) mass is 383 g/mol. The molecule has 27 heavy (non-hydrogen) atoms. The number of nitrogens with one attached hydrogen (secondary N) is 1. The third-order valence-corrected chi connectivity index (χ3v) is 5.36. The second-order valence-corrected chi connectivity index (χ2v) is 7.66. The number of aromatic nitrogens is 4. The van der Waals surface area contributed by atoms with E-state index in [0.717, 1.165) is 29.1 Å². The van der Waals surface area contributed by atoms with E-state index < -0.39 is 0 Å². The van der Waals surface area contributed by atoms with Crippen molar-refractivity contribution in [3.8, 4) is 0 Å². The first-order valence-corrected chi connectivity index (χ1v) is 10.1. The Morgan fingerprint density at radius 3 is 2.67 bits per heavy atom. The Morgan fingerprint density at radius 1 is 1.15 bits per heavy atom. The Morgan fingerprint density at radius 2 is 1.93 bits per heavy atom. The van der Waals surface area contributed by atoms with Crippen molar-refractivity contribution in [2.75, 3.05) is 5.32 Å². The summed E-state index contributed by atoms with van der Waals surface area (Å²) in [6.07, 6.45) is 4.37. The van der Waals surface area contributed by atoms with E-state index in [0.29, 0.717) is 22.9 Å². The van der Waals surface area contributed by atoms with Crippen LogP contribution >= 0.6 is 11.3 Å². The van der Waals surface area contributed by atoms with Crippen molar-refractivity contribution >= 4 is 22.4 Å². The fourth-order valence-corrected chi connectivity index (χ4v) is 3.80. The molecule has 2 heterocycles. The lowest BCUT2D eigenvalue weighted by Gasteiger charge is -2.05. The van der Waals surface area contributed by atoms with E-state index >= 15 is 0 Å². The van der Waals surface area contributed by atoms with Crippen molar-refractivity contribution in [2.24, 2.45) is 0 Å². The van der Waals surface area contributed by atoms with E-state index in [2.05, 4.69) is 39.7 Å². The van der Waals surface area contributed by atoms with Crippen molar-refractivity contribution in [1.29, 1.82) is 0 Å². The highest BCUT2D eigenvalue weighted by molar-refractivity contribution is 7.15. The Balaban J connectivity index is 1.70. The van der Waals surface area contributed by atoms with Crippen molar-refractivity contribution < 1.29 is 4.79 Å². The molecule has 0 radical (unpaired) electrons. The topological polar surface area (TPSA) is 72.7 Å².